The second-order valence-corrected chi connectivity index (χ2v) is 5.38. The van der Waals surface area contributed by atoms with Crippen molar-refractivity contribution in [3.63, 3.8) is 0 Å². The molecule has 0 bridgehead atoms. The Kier molecular flexibility index (Phi) is 5.95. The molecule has 0 radical (unpaired) electrons. The molecule has 6 heteroatoms. The molecule has 0 aliphatic rings. The standard InChI is InChI=1S/C15H19BrN4O/c1-2-17-15-18-10-13(16)14(19-15)20(8-9-21)11-12-6-4-3-5-7-12/h3-7,10,21H,2,8-9,11H2,1H3,(H,17,18,19). The van der Waals surface area contributed by atoms with Crippen LogP contribution in [-0.2, 0) is 6.54 Å². The Labute approximate surface area is 133 Å². The van der Waals surface area contributed by atoms with Gasteiger partial charge in [0.25, 0.3) is 0 Å². The number of hydrogen-bond donors (Lipinski definition) is 2. The zero-order chi connectivity index (χ0) is 15.1. The number of nitrogens with one attached hydrogen (secondary N) is 1. The highest BCUT2D eigenvalue weighted by Crippen LogP contribution is 2.25. The van der Waals surface area contributed by atoms with Crippen LogP contribution in [0.25, 0.3) is 0 Å². The fourth-order valence-corrected chi connectivity index (χ4v) is 2.45. The van der Waals surface area contributed by atoms with Gasteiger partial charge in [0.2, 0.25) is 5.95 Å². The third-order valence-electron chi connectivity index (χ3n) is 2.95. The zero-order valence-electron chi connectivity index (χ0n) is 12.0. The summed E-state index contributed by atoms with van der Waals surface area (Å²) in [6, 6.07) is 10.1. The molecule has 1 aromatic heterocycles. The van der Waals surface area contributed by atoms with Crippen molar-refractivity contribution in [2.45, 2.75) is 13.5 Å². The minimum absolute atomic E-state index is 0.0693. The Balaban J connectivity index is 2.26. The van der Waals surface area contributed by atoms with E-state index in [0.29, 0.717) is 19.0 Å². The number of nitrogens with zero attached hydrogens (tertiary/aromatic N) is 3. The quantitative estimate of drug-likeness (QED) is 0.803. The van der Waals surface area contributed by atoms with Gasteiger partial charge in [-0.1, -0.05) is 30.3 Å². The number of rotatable bonds is 7. The molecule has 0 saturated carbocycles. The van der Waals surface area contributed by atoms with Gasteiger partial charge in [-0.25, -0.2) is 4.98 Å². The molecule has 2 rings (SSSR count). The van der Waals surface area contributed by atoms with Crippen LogP contribution < -0.4 is 10.2 Å². The Morgan fingerprint density at radius 3 is 2.71 bits per heavy atom. The van der Waals surface area contributed by atoms with E-state index >= 15 is 0 Å². The first-order valence-corrected chi connectivity index (χ1v) is 7.70. The fourth-order valence-electron chi connectivity index (χ4n) is 2.01. The first-order chi connectivity index (χ1) is 10.2. The van der Waals surface area contributed by atoms with Crippen LogP contribution in [0.5, 0.6) is 0 Å². The van der Waals surface area contributed by atoms with Gasteiger partial charge < -0.3 is 15.3 Å². The molecule has 112 valence electrons. The maximum Gasteiger partial charge on any atom is 0.224 e. The molecule has 2 N–H and O–H groups in total. The zero-order valence-corrected chi connectivity index (χ0v) is 13.5. The van der Waals surface area contributed by atoms with Crippen molar-refractivity contribution in [1.29, 1.82) is 0 Å². The van der Waals surface area contributed by atoms with E-state index in [-0.39, 0.29) is 6.61 Å². The number of aromatic nitrogens is 2. The maximum absolute atomic E-state index is 9.32. The lowest BCUT2D eigenvalue weighted by molar-refractivity contribution is 0.301. The second kappa shape index (κ2) is 7.95. The van der Waals surface area contributed by atoms with Crippen molar-refractivity contribution >= 4 is 27.7 Å². The molecule has 0 aliphatic heterocycles. The Bertz CT molecular complexity index is 565. The van der Waals surface area contributed by atoms with Crippen LogP contribution in [0.3, 0.4) is 0 Å². The van der Waals surface area contributed by atoms with E-state index in [9.17, 15) is 5.11 Å². The van der Waals surface area contributed by atoms with Crippen LogP contribution >= 0.6 is 15.9 Å². The number of hydrogen-bond acceptors (Lipinski definition) is 5. The molecule has 0 saturated heterocycles. The van der Waals surface area contributed by atoms with Crippen molar-refractivity contribution in [3.05, 3.63) is 46.6 Å². The summed E-state index contributed by atoms with van der Waals surface area (Å²) in [6.45, 7) is 4.03. The number of anilines is 2. The van der Waals surface area contributed by atoms with Crippen LogP contribution in [-0.4, -0.2) is 34.8 Å². The third kappa shape index (κ3) is 4.41. The Hall–Kier alpha value is -1.66. The van der Waals surface area contributed by atoms with Gasteiger partial charge in [-0.15, -0.1) is 0 Å². The summed E-state index contributed by atoms with van der Waals surface area (Å²) in [5, 5.41) is 12.4. The molecule has 5 nitrogen and oxygen atoms in total. The van der Waals surface area contributed by atoms with Gasteiger partial charge >= 0.3 is 0 Å². The van der Waals surface area contributed by atoms with E-state index in [1.807, 2.05) is 30.0 Å². The first kappa shape index (κ1) is 15.7. The highest BCUT2D eigenvalue weighted by Gasteiger charge is 2.13. The van der Waals surface area contributed by atoms with Crippen LogP contribution in [0.1, 0.15) is 12.5 Å². The van der Waals surface area contributed by atoms with E-state index in [2.05, 4.69) is 43.3 Å². The summed E-state index contributed by atoms with van der Waals surface area (Å²) in [5.41, 5.74) is 1.17. The lowest BCUT2D eigenvalue weighted by Gasteiger charge is -2.24. The average Bonchev–Trinajstić information content (AvgIpc) is 2.50. The van der Waals surface area contributed by atoms with Gasteiger partial charge in [-0.3, -0.25) is 0 Å². The van der Waals surface area contributed by atoms with Crippen LogP contribution in [0.2, 0.25) is 0 Å². The Morgan fingerprint density at radius 1 is 1.29 bits per heavy atom. The summed E-state index contributed by atoms with van der Waals surface area (Å²) in [5.74, 6) is 1.37. The molecule has 2 aromatic rings. The topological polar surface area (TPSA) is 61.3 Å². The SMILES string of the molecule is CCNc1ncc(Br)c(N(CCO)Cc2ccccc2)n1. The minimum Gasteiger partial charge on any atom is -0.395 e. The van der Waals surface area contributed by atoms with Gasteiger partial charge in [0, 0.05) is 25.8 Å². The molecule has 0 atom stereocenters. The van der Waals surface area contributed by atoms with Gasteiger partial charge in [0.15, 0.2) is 0 Å². The van der Waals surface area contributed by atoms with E-state index in [0.717, 1.165) is 16.8 Å². The van der Waals surface area contributed by atoms with Crippen molar-refractivity contribution in [2.24, 2.45) is 0 Å². The predicted molar refractivity (Wildman–Crippen MR) is 88.5 cm³/mol. The number of aliphatic hydroxyl groups excluding tert-OH is 1. The molecule has 21 heavy (non-hydrogen) atoms. The molecule has 1 aromatic carbocycles. The predicted octanol–water partition coefficient (Wildman–Crippen LogP) is 2.67. The second-order valence-electron chi connectivity index (χ2n) is 4.53. The largest absolute Gasteiger partial charge is 0.395 e. The highest BCUT2D eigenvalue weighted by molar-refractivity contribution is 9.10. The summed E-state index contributed by atoms with van der Waals surface area (Å²) >= 11 is 3.49. The first-order valence-electron chi connectivity index (χ1n) is 6.90. The summed E-state index contributed by atoms with van der Waals surface area (Å²) in [6.07, 6.45) is 1.73. The lowest BCUT2D eigenvalue weighted by Crippen LogP contribution is -2.27. The minimum atomic E-state index is 0.0693. The number of benzene rings is 1. The van der Waals surface area contributed by atoms with Crippen molar-refractivity contribution in [1.82, 2.24) is 9.97 Å². The van der Waals surface area contributed by atoms with Gasteiger partial charge in [-0.2, -0.15) is 4.98 Å². The smallest absolute Gasteiger partial charge is 0.224 e. The van der Waals surface area contributed by atoms with E-state index < -0.39 is 0 Å². The number of aliphatic hydroxyl groups is 1. The van der Waals surface area contributed by atoms with Gasteiger partial charge in [0.1, 0.15) is 5.82 Å². The monoisotopic (exact) mass is 350 g/mol. The summed E-state index contributed by atoms with van der Waals surface area (Å²) in [7, 11) is 0. The molecule has 0 amide bonds. The van der Waals surface area contributed by atoms with Crippen LogP contribution in [0.4, 0.5) is 11.8 Å². The average molecular weight is 351 g/mol. The molecular weight excluding hydrogens is 332 g/mol. The molecule has 0 spiro atoms. The molecule has 0 fully saturated rings. The maximum atomic E-state index is 9.32. The van der Waals surface area contributed by atoms with Gasteiger partial charge in [-0.05, 0) is 28.4 Å². The van der Waals surface area contributed by atoms with E-state index in [1.54, 1.807) is 6.20 Å². The van der Waals surface area contributed by atoms with E-state index in [1.165, 1.54) is 5.56 Å². The van der Waals surface area contributed by atoms with Crippen molar-refractivity contribution < 1.29 is 5.11 Å². The third-order valence-corrected chi connectivity index (χ3v) is 3.51. The highest BCUT2D eigenvalue weighted by atomic mass is 79.9. The molecular formula is C15H19BrN4O. The lowest BCUT2D eigenvalue weighted by atomic mass is 10.2. The van der Waals surface area contributed by atoms with Crippen molar-refractivity contribution in [2.75, 3.05) is 29.9 Å². The number of halogens is 1. The molecule has 1 heterocycles. The Morgan fingerprint density at radius 2 is 2.05 bits per heavy atom. The van der Waals surface area contributed by atoms with Crippen molar-refractivity contribution in [3.8, 4) is 0 Å². The molecule has 0 unspecified atom stereocenters. The van der Waals surface area contributed by atoms with Crippen LogP contribution in [0, 0.1) is 0 Å². The molecule has 0 aliphatic carbocycles. The van der Waals surface area contributed by atoms with E-state index in [4.69, 9.17) is 0 Å². The van der Waals surface area contributed by atoms with Gasteiger partial charge in [0.05, 0.1) is 11.1 Å². The summed E-state index contributed by atoms with van der Waals surface area (Å²) < 4.78 is 0.813. The fraction of sp³-hybridized carbons (Fsp3) is 0.333. The summed E-state index contributed by atoms with van der Waals surface area (Å²) in [4.78, 5) is 10.8. The van der Waals surface area contributed by atoms with Crippen LogP contribution in [0.15, 0.2) is 41.0 Å². The normalized spacial score (nSPS) is 10.4.